The van der Waals surface area contributed by atoms with E-state index in [9.17, 15) is 20.2 Å². The summed E-state index contributed by atoms with van der Waals surface area (Å²) in [5.74, 6) is 0.236. The maximum Gasteiger partial charge on any atom is 0.299 e. The number of rotatable bonds is 7. The number of nitrogens with zero attached hydrogens (tertiary/aromatic N) is 4. The van der Waals surface area contributed by atoms with Crippen LogP contribution in [0.2, 0.25) is 0 Å². The molecule has 116 valence electrons. The van der Waals surface area contributed by atoms with E-state index >= 15 is 0 Å². The van der Waals surface area contributed by atoms with Crippen LogP contribution in [0.15, 0.2) is 22.8 Å². The fourth-order valence-electron chi connectivity index (χ4n) is 1.62. The topological polar surface area (TPSA) is 146 Å². The number of anilines is 1. The summed E-state index contributed by atoms with van der Waals surface area (Å²) in [4.78, 5) is 20.2. The molecular formula is C11H11N5O6. The molecule has 0 fully saturated rings. The Morgan fingerprint density at radius 1 is 1.27 bits per heavy atom. The zero-order valence-corrected chi connectivity index (χ0v) is 11.4. The van der Waals surface area contributed by atoms with Crippen LogP contribution in [0.25, 0.3) is 0 Å². The van der Waals surface area contributed by atoms with Gasteiger partial charge in [0, 0.05) is 12.6 Å². The molecule has 0 saturated carbocycles. The number of nitro benzene ring substituents is 2. The second kappa shape index (κ2) is 6.47. The lowest BCUT2D eigenvalue weighted by Gasteiger charge is -2.07. The third-order valence-electron chi connectivity index (χ3n) is 2.66. The molecule has 1 aromatic heterocycles. The van der Waals surface area contributed by atoms with Crippen molar-refractivity contribution >= 4 is 17.1 Å². The molecule has 0 atom stereocenters. The molecule has 1 heterocycles. The van der Waals surface area contributed by atoms with Crippen molar-refractivity contribution in [2.24, 2.45) is 0 Å². The van der Waals surface area contributed by atoms with Crippen LogP contribution in [-0.4, -0.2) is 33.3 Å². The average molecular weight is 309 g/mol. The number of benzene rings is 1. The first-order valence-corrected chi connectivity index (χ1v) is 6.07. The van der Waals surface area contributed by atoms with Gasteiger partial charge in [-0.2, -0.15) is 0 Å². The van der Waals surface area contributed by atoms with Crippen LogP contribution < -0.4 is 10.1 Å². The van der Waals surface area contributed by atoms with Crippen LogP contribution in [0.1, 0.15) is 5.69 Å². The second-order valence-electron chi connectivity index (χ2n) is 4.15. The van der Waals surface area contributed by atoms with Gasteiger partial charge < -0.3 is 10.1 Å². The number of ether oxygens (including phenoxy) is 1. The van der Waals surface area contributed by atoms with Crippen LogP contribution in [-0.2, 0) is 0 Å². The number of aryl methyl sites for hydroxylation is 1. The van der Waals surface area contributed by atoms with Gasteiger partial charge in [-0.05, 0) is 18.1 Å². The Balaban J connectivity index is 1.98. The Morgan fingerprint density at radius 3 is 2.64 bits per heavy atom. The van der Waals surface area contributed by atoms with Crippen LogP contribution in [0.4, 0.5) is 17.1 Å². The molecule has 0 radical (unpaired) electrons. The zero-order chi connectivity index (χ0) is 16.1. The van der Waals surface area contributed by atoms with Crippen LogP contribution >= 0.6 is 0 Å². The van der Waals surface area contributed by atoms with Crippen LogP contribution in [0, 0.1) is 27.2 Å². The van der Waals surface area contributed by atoms with Gasteiger partial charge in [-0.15, -0.1) is 0 Å². The SMILES string of the molecule is Cc1nonc1OCCNc1ccc([N+](=O)[O-])cc1[N+](=O)[O-]. The molecule has 0 amide bonds. The summed E-state index contributed by atoms with van der Waals surface area (Å²) >= 11 is 0. The van der Waals surface area contributed by atoms with Gasteiger partial charge in [0.2, 0.25) is 0 Å². The molecule has 2 rings (SSSR count). The summed E-state index contributed by atoms with van der Waals surface area (Å²) in [6.07, 6.45) is 0. The predicted octanol–water partition coefficient (Wildman–Crippen LogP) is 1.69. The highest BCUT2D eigenvalue weighted by atomic mass is 16.6. The Kier molecular flexibility index (Phi) is 4.46. The third kappa shape index (κ3) is 3.45. The minimum atomic E-state index is -0.694. The first kappa shape index (κ1) is 15.2. The predicted molar refractivity (Wildman–Crippen MR) is 72.8 cm³/mol. The van der Waals surface area contributed by atoms with Gasteiger partial charge in [0.05, 0.1) is 15.9 Å². The summed E-state index contributed by atoms with van der Waals surface area (Å²) in [6, 6.07) is 3.36. The van der Waals surface area contributed by atoms with E-state index in [4.69, 9.17) is 4.74 Å². The van der Waals surface area contributed by atoms with Gasteiger partial charge in [-0.3, -0.25) is 20.2 Å². The Bertz CT molecular complexity index is 700. The monoisotopic (exact) mass is 309 g/mol. The number of aromatic nitrogens is 2. The Hall–Kier alpha value is -3.24. The van der Waals surface area contributed by atoms with Gasteiger partial charge >= 0.3 is 0 Å². The Morgan fingerprint density at radius 2 is 2.05 bits per heavy atom. The van der Waals surface area contributed by atoms with E-state index in [1.54, 1.807) is 6.92 Å². The summed E-state index contributed by atoms with van der Waals surface area (Å²) < 4.78 is 9.70. The molecule has 1 N–H and O–H groups in total. The van der Waals surface area contributed by atoms with Crippen molar-refractivity contribution in [2.75, 3.05) is 18.5 Å². The van der Waals surface area contributed by atoms with Crippen LogP contribution in [0.5, 0.6) is 5.88 Å². The second-order valence-corrected chi connectivity index (χ2v) is 4.15. The highest BCUT2D eigenvalue weighted by molar-refractivity contribution is 5.65. The highest BCUT2D eigenvalue weighted by Crippen LogP contribution is 2.28. The summed E-state index contributed by atoms with van der Waals surface area (Å²) in [6.45, 7) is 2.04. The molecule has 0 unspecified atom stereocenters. The number of nitro groups is 2. The van der Waals surface area contributed by atoms with Crippen LogP contribution in [0.3, 0.4) is 0 Å². The number of nitrogens with one attached hydrogen (secondary N) is 1. The first-order valence-electron chi connectivity index (χ1n) is 6.07. The van der Waals surface area contributed by atoms with Gasteiger partial charge in [0.1, 0.15) is 18.0 Å². The molecule has 0 aliphatic rings. The minimum Gasteiger partial charge on any atom is -0.472 e. The van der Waals surface area contributed by atoms with E-state index in [-0.39, 0.29) is 36.1 Å². The molecular weight excluding hydrogens is 298 g/mol. The maximum absolute atomic E-state index is 10.9. The molecule has 11 heteroatoms. The first-order chi connectivity index (χ1) is 10.5. The summed E-state index contributed by atoms with van der Waals surface area (Å²) in [7, 11) is 0. The van der Waals surface area contributed by atoms with Crippen molar-refractivity contribution in [3.8, 4) is 5.88 Å². The molecule has 0 saturated heterocycles. The fraction of sp³-hybridized carbons (Fsp3) is 0.273. The molecule has 0 aliphatic heterocycles. The minimum absolute atomic E-state index is 0.156. The van der Waals surface area contributed by atoms with Gasteiger partial charge in [-0.1, -0.05) is 5.16 Å². The normalized spacial score (nSPS) is 10.2. The highest BCUT2D eigenvalue weighted by Gasteiger charge is 2.19. The fourth-order valence-corrected chi connectivity index (χ4v) is 1.62. The maximum atomic E-state index is 10.9. The van der Waals surface area contributed by atoms with Crippen molar-refractivity contribution in [2.45, 2.75) is 6.92 Å². The molecule has 0 spiro atoms. The number of hydrogen-bond donors (Lipinski definition) is 1. The van der Waals surface area contributed by atoms with Gasteiger partial charge in [0.15, 0.2) is 0 Å². The largest absolute Gasteiger partial charge is 0.472 e. The lowest BCUT2D eigenvalue weighted by Crippen LogP contribution is -2.13. The lowest BCUT2D eigenvalue weighted by molar-refractivity contribution is -0.393. The standard InChI is InChI=1S/C11H11N5O6/c1-7-11(14-22-13-7)21-5-4-12-9-3-2-8(15(17)18)6-10(9)16(19)20/h2-3,6,12H,4-5H2,1H3. The zero-order valence-electron chi connectivity index (χ0n) is 11.4. The van der Waals surface area contributed by atoms with Crippen molar-refractivity contribution in [3.63, 3.8) is 0 Å². The van der Waals surface area contributed by atoms with E-state index in [0.717, 1.165) is 6.07 Å². The lowest BCUT2D eigenvalue weighted by atomic mass is 10.2. The molecule has 11 nitrogen and oxygen atoms in total. The van der Waals surface area contributed by atoms with E-state index < -0.39 is 9.85 Å². The molecule has 1 aromatic carbocycles. The molecule has 22 heavy (non-hydrogen) atoms. The smallest absolute Gasteiger partial charge is 0.299 e. The quantitative estimate of drug-likeness (QED) is 0.458. The van der Waals surface area contributed by atoms with Gasteiger partial charge in [0.25, 0.3) is 17.3 Å². The summed E-state index contributed by atoms with van der Waals surface area (Å²) in [5, 5.41) is 31.4. The molecule has 0 aliphatic carbocycles. The molecule has 2 aromatic rings. The summed E-state index contributed by atoms with van der Waals surface area (Å²) in [5.41, 5.74) is -0.0817. The molecule has 0 bridgehead atoms. The van der Waals surface area contributed by atoms with E-state index in [0.29, 0.717) is 5.69 Å². The van der Waals surface area contributed by atoms with E-state index in [1.807, 2.05) is 0 Å². The van der Waals surface area contributed by atoms with Crippen molar-refractivity contribution in [3.05, 3.63) is 44.1 Å². The van der Waals surface area contributed by atoms with E-state index in [1.165, 1.54) is 12.1 Å². The third-order valence-corrected chi connectivity index (χ3v) is 2.66. The van der Waals surface area contributed by atoms with Crippen molar-refractivity contribution in [1.82, 2.24) is 10.3 Å². The number of non-ortho nitro benzene ring substituents is 1. The van der Waals surface area contributed by atoms with Gasteiger partial charge in [-0.25, -0.2) is 4.63 Å². The van der Waals surface area contributed by atoms with E-state index in [2.05, 4.69) is 20.3 Å². The van der Waals surface area contributed by atoms with Crippen molar-refractivity contribution in [1.29, 1.82) is 0 Å². The number of hydrogen-bond acceptors (Lipinski definition) is 9. The van der Waals surface area contributed by atoms with Crippen molar-refractivity contribution < 1.29 is 19.2 Å². The Labute approximate surface area is 123 Å². The average Bonchev–Trinajstić information content (AvgIpc) is 2.88.